The van der Waals surface area contributed by atoms with Gasteiger partial charge >= 0.3 is 6.03 Å². The third kappa shape index (κ3) is 1.90. The zero-order valence-electron chi connectivity index (χ0n) is 9.43. The fraction of sp³-hybridized carbons (Fsp3) is 0.385. The zero-order valence-corrected chi connectivity index (χ0v) is 9.43. The minimum absolute atomic E-state index is 0.0682. The number of hydrogen-bond donors (Lipinski definition) is 1. The molecule has 0 radical (unpaired) electrons. The summed E-state index contributed by atoms with van der Waals surface area (Å²) >= 11 is 0. The van der Waals surface area contributed by atoms with E-state index in [0.29, 0.717) is 12.5 Å². The van der Waals surface area contributed by atoms with E-state index in [0.717, 1.165) is 18.4 Å². The molecule has 88 valence electrons. The Morgan fingerprint density at radius 1 is 1.18 bits per heavy atom. The molecule has 0 spiro atoms. The van der Waals surface area contributed by atoms with Crippen molar-refractivity contribution in [3.8, 4) is 0 Å². The second-order valence-corrected chi connectivity index (χ2v) is 4.67. The molecule has 1 aliphatic heterocycles. The Kier molecular flexibility index (Phi) is 2.35. The predicted molar refractivity (Wildman–Crippen MR) is 62.0 cm³/mol. The van der Waals surface area contributed by atoms with E-state index in [1.54, 1.807) is 0 Å². The lowest BCUT2D eigenvalue weighted by atomic mass is 10.1. The molecule has 2 fully saturated rings. The van der Waals surface area contributed by atoms with E-state index in [9.17, 15) is 9.59 Å². The number of hydrogen-bond acceptors (Lipinski definition) is 2. The van der Waals surface area contributed by atoms with Crippen LogP contribution < -0.4 is 5.32 Å². The van der Waals surface area contributed by atoms with Gasteiger partial charge in [-0.05, 0) is 24.3 Å². The molecular formula is C13H14N2O2. The van der Waals surface area contributed by atoms with Crippen molar-refractivity contribution >= 4 is 11.9 Å². The van der Waals surface area contributed by atoms with Crippen LogP contribution in [0.1, 0.15) is 18.4 Å². The van der Waals surface area contributed by atoms with Crippen LogP contribution in [0, 0.1) is 5.92 Å². The third-order valence-electron chi connectivity index (χ3n) is 3.33. The van der Waals surface area contributed by atoms with Crippen LogP contribution in [0.3, 0.4) is 0 Å². The van der Waals surface area contributed by atoms with Crippen molar-refractivity contribution in [1.29, 1.82) is 0 Å². The van der Waals surface area contributed by atoms with Gasteiger partial charge < -0.3 is 5.32 Å². The minimum Gasteiger partial charge on any atom is -0.326 e. The summed E-state index contributed by atoms with van der Waals surface area (Å²) in [6.07, 6.45) is 2.10. The topological polar surface area (TPSA) is 49.4 Å². The van der Waals surface area contributed by atoms with Crippen molar-refractivity contribution in [2.45, 2.75) is 25.4 Å². The summed E-state index contributed by atoms with van der Waals surface area (Å²) in [6, 6.07) is 9.05. The Bertz CT molecular complexity index is 454. The minimum atomic E-state index is -0.272. The number of carbonyl (C=O) groups excluding carboxylic acids is 2. The Labute approximate surface area is 99.6 Å². The molecule has 3 amide bonds. The van der Waals surface area contributed by atoms with Crippen LogP contribution in [-0.4, -0.2) is 22.9 Å². The summed E-state index contributed by atoms with van der Waals surface area (Å²) in [6.45, 7) is 0.370. The molecule has 0 bridgehead atoms. The number of imide groups is 1. The van der Waals surface area contributed by atoms with Gasteiger partial charge in [0, 0.05) is 0 Å². The quantitative estimate of drug-likeness (QED) is 0.800. The highest BCUT2D eigenvalue weighted by Crippen LogP contribution is 2.35. The first-order valence-electron chi connectivity index (χ1n) is 5.91. The van der Waals surface area contributed by atoms with Crippen molar-refractivity contribution in [3.63, 3.8) is 0 Å². The monoisotopic (exact) mass is 230 g/mol. The van der Waals surface area contributed by atoms with Crippen LogP contribution in [0.4, 0.5) is 4.79 Å². The van der Waals surface area contributed by atoms with Crippen LogP contribution >= 0.6 is 0 Å². The van der Waals surface area contributed by atoms with Gasteiger partial charge in [0.15, 0.2) is 0 Å². The lowest BCUT2D eigenvalue weighted by molar-refractivity contribution is -0.128. The van der Waals surface area contributed by atoms with Gasteiger partial charge in [-0.3, -0.25) is 9.69 Å². The maximum Gasteiger partial charge on any atom is 0.325 e. The summed E-state index contributed by atoms with van der Waals surface area (Å²) in [7, 11) is 0. The number of benzene rings is 1. The summed E-state index contributed by atoms with van der Waals surface area (Å²) in [5, 5.41) is 2.77. The molecule has 3 rings (SSSR count). The smallest absolute Gasteiger partial charge is 0.325 e. The standard InChI is InChI=1S/C13H14N2O2/c16-12-11(10-6-7-10)14-13(17)15(12)8-9-4-2-1-3-5-9/h1-5,10-11H,6-8H2,(H,14,17). The predicted octanol–water partition coefficient (Wildman–Crippen LogP) is 1.52. The average molecular weight is 230 g/mol. The van der Waals surface area contributed by atoms with Gasteiger partial charge in [0.1, 0.15) is 6.04 Å². The van der Waals surface area contributed by atoms with Gasteiger partial charge in [-0.2, -0.15) is 0 Å². The Hall–Kier alpha value is -1.84. The third-order valence-corrected chi connectivity index (χ3v) is 3.33. The van der Waals surface area contributed by atoms with Crippen molar-refractivity contribution in [1.82, 2.24) is 10.2 Å². The van der Waals surface area contributed by atoms with Crippen molar-refractivity contribution < 1.29 is 9.59 Å². The van der Waals surface area contributed by atoms with Gasteiger partial charge in [0.25, 0.3) is 5.91 Å². The molecule has 4 nitrogen and oxygen atoms in total. The van der Waals surface area contributed by atoms with Crippen molar-refractivity contribution in [2.75, 3.05) is 0 Å². The molecule has 17 heavy (non-hydrogen) atoms. The van der Waals surface area contributed by atoms with Crippen LogP contribution in [0.5, 0.6) is 0 Å². The number of nitrogens with zero attached hydrogens (tertiary/aromatic N) is 1. The van der Waals surface area contributed by atoms with Crippen LogP contribution in [0.25, 0.3) is 0 Å². The number of carbonyl (C=O) groups is 2. The van der Waals surface area contributed by atoms with E-state index in [2.05, 4.69) is 5.32 Å². The molecule has 0 aromatic heterocycles. The van der Waals surface area contributed by atoms with E-state index in [4.69, 9.17) is 0 Å². The van der Waals surface area contributed by atoms with E-state index >= 15 is 0 Å². The fourth-order valence-corrected chi connectivity index (χ4v) is 2.21. The maximum atomic E-state index is 12.0. The highest BCUT2D eigenvalue weighted by molar-refractivity contribution is 6.04. The van der Waals surface area contributed by atoms with E-state index in [1.807, 2.05) is 30.3 Å². The zero-order chi connectivity index (χ0) is 11.8. The second-order valence-electron chi connectivity index (χ2n) is 4.67. The summed E-state index contributed by atoms with van der Waals surface area (Å²) in [5.41, 5.74) is 0.979. The maximum absolute atomic E-state index is 12.0. The fourth-order valence-electron chi connectivity index (χ4n) is 2.21. The van der Waals surface area contributed by atoms with Gasteiger partial charge in [0.05, 0.1) is 6.54 Å². The van der Waals surface area contributed by atoms with Crippen LogP contribution in [0.15, 0.2) is 30.3 Å². The molecule has 1 unspecified atom stereocenters. The van der Waals surface area contributed by atoms with E-state index in [-0.39, 0.29) is 18.0 Å². The lowest BCUT2D eigenvalue weighted by Crippen LogP contribution is -2.32. The molecule has 1 heterocycles. The SMILES string of the molecule is O=C1NC(C2CC2)C(=O)N1Cc1ccccc1. The molecule has 1 saturated heterocycles. The van der Waals surface area contributed by atoms with Gasteiger partial charge in [0.2, 0.25) is 0 Å². The molecule has 1 aromatic rings. The summed E-state index contributed by atoms with van der Waals surface area (Å²) < 4.78 is 0. The van der Waals surface area contributed by atoms with Gasteiger partial charge in [-0.25, -0.2) is 4.79 Å². The largest absolute Gasteiger partial charge is 0.326 e. The molecule has 1 saturated carbocycles. The highest BCUT2D eigenvalue weighted by Gasteiger charge is 2.46. The Morgan fingerprint density at radius 3 is 2.53 bits per heavy atom. The number of nitrogens with one attached hydrogen (secondary N) is 1. The average Bonchev–Trinajstić information content (AvgIpc) is 3.13. The normalized spacial score (nSPS) is 24.0. The highest BCUT2D eigenvalue weighted by atomic mass is 16.2. The first-order chi connectivity index (χ1) is 8.25. The number of urea groups is 1. The van der Waals surface area contributed by atoms with Crippen LogP contribution in [0.2, 0.25) is 0 Å². The Morgan fingerprint density at radius 2 is 1.88 bits per heavy atom. The lowest BCUT2D eigenvalue weighted by Gasteiger charge is -2.12. The molecule has 1 N–H and O–H groups in total. The van der Waals surface area contributed by atoms with Gasteiger partial charge in [-0.15, -0.1) is 0 Å². The molecule has 4 heteroatoms. The van der Waals surface area contributed by atoms with E-state index in [1.165, 1.54) is 4.90 Å². The Balaban J connectivity index is 1.75. The van der Waals surface area contributed by atoms with Crippen molar-refractivity contribution in [3.05, 3.63) is 35.9 Å². The van der Waals surface area contributed by atoms with Crippen LogP contribution in [-0.2, 0) is 11.3 Å². The van der Waals surface area contributed by atoms with Gasteiger partial charge in [-0.1, -0.05) is 30.3 Å². The van der Waals surface area contributed by atoms with Crippen molar-refractivity contribution in [2.24, 2.45) is 5.92 Å². The summed E-state index contributed by atoms with van der Waals surface area (Å²) in [4.78, 5) is 25.1. The first-order valence-corrected chi connectivity index (χ1v) is 5.91. The van der Waals surface area contributed by atoms with E-state index < -0.39 is 0 Å². The summed E-state index contributed by atoms with van der Waals surface area (Å²) in [5.74, 6) is 0.300. The molecule has 2 aliphatic rings. The number of amides is 3. The molecular weight excluding hydrogens is 216 g/mol. The number of rotatable bonds is 3. The molecule has 1 aromatic carbocycles. The molecule has 1 aliphatic carbocycles. The molecule has 1 atom stereocenters. The second kappa shape index (κ2) is 3.87. The first kappa shape index (κ1) is 10.3.